The third-order valence-corrected chi connectivity index (χ3v) is 6.66. The van der Waals surface area contributed by atoms with Crippen LogP contribution in [0.25, 0.3) is 0 Å². The summed E-state index contributed by atoms with van der Waals surface area (Å²) >= 11 is 15.0. The average Bonchev–Trinajstić information content (AvgIpc) is 2.56. The number of hydrogen-bond acceptors (Lipinski definition) is 0. The van der Waals surface area contributed by atoms with Crippen LogP contribution < -0.4 is 0 Å². The van der Waals surface area contributed by atoms with Gasteiger partial charge in [-0.05, 0) is 43.7 Å². The summed E-state index contributed by atoms with van der Waals surface area (Å²) in [6.07, 6.45) is 13.2. The van der Waals surface area contributed by atoms with Crippen LogP contribution in [-0.2, 0) is 6.54 Å². The standard InChI is InChI=1S/C20H29Cl2IN/c1-4-7-9-13-24(20(23)6-3,14-10-8-5-2)16-17-11-12-18(21)15-19(17)22/h3,11-12,15,20H,4-5,7-10,13-14,16H2,1-2H3/q+1. The van der Waals surface area contributed by atoms with E-state index >= 15 is 0 Å². The molecule has 4 heteroatoms. The highest BCUT2D eigenvalue weighted by Crippen LogP contribution is 2.30. The maximum absolute atomic E-state index is 6.46. The number of nitrogens with zero attached hydrogens (tertiary/aromatic N) is 1. The second kappa shape index (κ2) is 11.6. The van der Waals surface area contributed by atoms with E-state index in [1.54, 1.807) is 0 Å². The topological polar surface area (TPSA) is 0 Å². The molecule has 0 spiro atoms. The lowest BCUT2D eigenvalue weighted by Crippen LogP contribution is -2.53. The molecule has 1 unspecified atom stereocenters. The van der Waals surface area contributed by atoms with Crippen molar-refractivity contribution in [1.82, 2.24) is 0 Å². The maximum Gasteiger partial charge on any atom is 0.200 e. The highest BCUT2D eigenvalue weighted by atomic mass is 127. The van der Waals surface area contributed by atoms with E-state index in [1.165, 1.54) is 38.5 Å². The summed E-state index contributed by atoms with van der Waals surface area (Å²) in [5.74, 6) is 3.00. The number of rotatable bonds is 11. The van der Waals surface area contributed by atoms with E-state index in [9.17, 15) is 0 Å². The number of hydrogen-bond donors (Lipinski definition) is 0. The van der Waals surface area contributed by atoms with Crippen LogP contribution >= 0.6 is 45.8 Å². The van der Waals surface area contributed by atoms with Crippen LogP contribution in [0.2, 0.25) is 10.0 Å². The normalized spacial score (nSPS) is 12.8. The monoisotopic (exact) mass is 480 g/mol. The van der Waals surface area contributed by atoms with Crippen molar-refractivity contribution in [2.24, 2.45) is 0 Å². The fourth-order valence-corrected chi connectivity index (χ4v) is 4.30. The van der Waals surface area contributed by atoms with Gasteiger partial charge in [0.2, 0.25) is 4.05 Å². The van der Waals surface area contributed by atoms with Crippen LogP contribution in [0.5, 0.6) is 0 Å². The zero-order chi connectivity index (χ0) is 18.0. The molecule has 0 saturated carbocycles. The first-order valence-corrected chi connectivity index (χ1v) is 10.9. The van der Waals surface area contributed by atoms with Gasteiger partial charge >= 0.3 is 0 Å². The molecule has 0 bridgehead atoms. The smallest absolute Gasteiger partial charge is 0.200 e. The summed E-state index contributed by atoms with van der Waals surface area (Å²) in [4.78, 5) is 0. The molecule has 1 nitrogen and oxygen atoms in total. The molecule has 0 saturated heterocycles. The molecular weight excluding hydrogens is 452 g/mol. The van der Waals surface area contributed by atoms with Crippen LogP contribution in [-0.4, -0.2) is 21.6 Å². The minimum Gasteiger partial charge on any atom is -0.299 e. The largest absolute Gasteiger partial charge is 0.299 e. The van der Waals surface area contributed by atoms with Gasteiger partial charge in [0.25, 0.3) is 0 Å². The second-order valence-corrected chi connectivity index (χ2v) is 8.50. The molecule has 0 radical (unpaired) electrons. The van der Waals surface area contributed by atoms with E-state index in [-0.39, 0.29) is 4.05 Å². The summed E-state index contributed by atoms with van der Waals surface area (Å²) in [6.45, 7) is 7.57. The molecule has 0 aromatic heterocycles. The third-order valence-electron chi connectivity index (χ3n) is 4.53. The van der Waals surface area contributed by atoms with Crippen LogP contribution in [0.15, 0.2) is 18.2 Å². The molecule has 134 valence electrons. The molecule has 0 N–H and O–H groups in total. The van der Waals surface area contributed by atoms with E-state index in [0.29, 0.717) is 5.02 Å². The highest BCUT2D eigenvalue weighted by molar-refractivity contribution is 14.1. The van der Waals surface area contributed by atoms with Crippen molar-refractivity contribution >= 4 is 45.8 Å². The van der Waals surface area contributed by atoms with Gasteiger partial charge in [0.1, 0.15) is 6.54 Å². The molecule has 1 aromatic rings. The van der Waals surface area contributed by atoms with Gasteiger partial charge in [0, 0.05) is 33.2 Å². The van der Waals surface area contributed by atoms with Crippen molar-refractivity contribution < 1.29 is 4.48 Å². The molecule has 1 aromatic carbocycles. The Morgan fingerprint density at radius 2 is 1.67 bits per heavy atom. The van der Waals surface area contributed by atoms with Gasteiger partial charge in [-0.3, -0.25) is 4.48 Å². The average molecular weight is 481 g/mol. The number of terminal acetylenes is 1. The first-order valence-electron chi connectivity index (χ1n) is 8.89. The van der Waals surface area contributed by atoms with E-state index in [4.69, 9.17) is 29.6 Å². The molecule has 0 heterocycles. The Hall–Kier alpha value is 0.0500. The Balaban J connectivity index is 3.08. The van der Waals surface area contributed by atoms with Gasteiger partial charge < -0.3 is 0 Å². The van der Waals surface area contributed by atoms with Crippen molar-refractivity contribution in [3.8, 4) is 12.3 Å². The number of quaternary nitrogens is 1. The molecule has 0 amide bonds. The van der Waals surface area contributed by atoms with E-state index in [1.807, 2.05) is 12.1 Å². The SMILES string of the molecule is C#CC(I)[N+](CCCCC)(CCCCC)Cc1ccc(Cl)cc1Cl. The maximum atomic E-state index is 6.46. The van der Waals surface area contributed by atoms with Crippen molar-refractivity contribution in [2.75, 3.05) is 13.1 Å². The lowest BCUT2D eigenvalue weighted by atomic mass is 10.1. The molecule has 1 rings (SSSR count). The molecular formula is C20H29Cl2IN+. The van der Waals surface area contributed by atoms with Crippen LogP contribution in [0.1, 0.15) is 57.9 Å². The molecule has 0 aliphatic rings. The van der Waals surface area contributed by atoms with E-state index in [2.05, 4.69) is 48.4 Å². The van der Waals surface area contributed by atoms with Gasteiger partial charge in [0.15, 0.2) is 0 Å². The van der Waals surface area contributed by atoms with Crippen molar-refractivity contribution in [1.29, 1.82) is 0 Å². The Morgan fingerprint density at radius 3 is 2.12 bits per heavy atom. The zero-order valence-corrected chi connectivity index (χ0v) is 18.5. The minimum atomic E-state index is 0.156. The quantitative estimate of drug-likeness (QED) is 0.0791. The Morgan fingerprint density at radius 1 is 1.08 bits per heavy atom. The Kier molecular flexibility index (Phi) is 10.7. The van der Waals surface area contributed by atoms with Gasteiger partial charge in [-0.1, -0.05) is 56.0 Å². The predicted octanol–water partition coefficient (Wildman–Crippen LogP) is 7.08. The Labute approximate surface area is 171 Å². The summed E-state index contributed by atoms with van der Waals surface area (Å²) in [7, 11) is 0. The molecule has 0 fully saturated rings. The number of benzene rings is 1. The van der Waals surface area contributed by atoms with Gasteiger partial charge in [0.05, 0.1) is 18.1 Å². The van der Waals surface area contributed by atoms with Crippen LogP contribution in [0, 0.1) is 12.3 Å². The summed E-state index contributed by atoms with van der Waals surface area (Å²) in [6, 6.07) is 5.81. The van der Waals surface area contributed by atoms with Gasteiger partial charge in [-0.15, -0.1) is 6.42 Å². The first kappa shape index (κ1) is 22.1. The molecule has 24 heavy (non-hydrogen) atoms. The van der Waals surface area contributed by atoms with Crippen molar-refractivity contribution in [2.45, 2.75) is 63.0 Å². The lowest BCUT2D eigenvalue weighted by Gasteiger charge is -2.41. The summed E-state index contributed by atoms with van der Waals surface area (Å²) in [5.41, 5.74) is 1.14. The van der Waals surface area contributed by atoms with Gasteiger partial charge in [-0.2, -0.15) is 0 Å². The zero-order valence-electron chi connectivity index (χ0n) is 14.8. The van der Waals surface area contributed by atoms with Crippen molar-refractivity contribution in [3.05, 3.63) is 33.8 Å². The fraction of sp³-hybridized carbons (Fsp3) is 0.600. The van der Waals surface area contributed by atoms with E-state index < -0.39 is 0 Å². The second-order valence-electron chi connectivity index (χ2n) is 6.48. The minimum absolute atomic E-state index is 0.156. The Bertz CT molecular complexity index is 529. The highest BCUT2D eigenvalue weighted by Gasteiger charge is 2.34. The van der Waals surface area contributed by atoms with Crippen LogP contribution in [0.4, 0.5) is 0 Å². The lowest BCUT2D eigenvalue weighted by molar-refractivity contribution is -0.940. The first-order chi connectivity index (χ1) is 11.5. The molecule has 1 atom stereocenters. The number of halogens is 3. The van der Waals surface area contributed by atoms with Gasteiger partial charge in [-0.25, -0.2) is 0 Å². The van der Waals surface area contributed by atoms with Crippen molar-refractivity contribution in [3.63, 3.8) is 0 Å². The summed E-state index contributed by atoms with van der Waals surface area (Å²) < 4.78 is 1.07. The molecule has 0 aliphatic carbocycles. The number of unbranched alkanes of at least 4 members (excludes halogenated alkanes) is 4. The number of alkyl halides is 1. The summed E-state index contributed by atoms with van der Waals surface area (Å²) in [5, 5.41) is 1.43. The predicted molar refractivity (Wildman–Crippen MR) is 116 cm³/mol. The van der Waals surface area contributed by atoms with E-state index in [0.717, 1.165) is 34.7 Å². The third kappa shape index (κ3) is 6.75. The fourth-order valence-electron chi connectivity index (χ4n) is 3.08. The van der Waals surface area contributed by atoms with Crippen LogP contribution in [0.3, 0.4) is 0 Å². The molecule has 0 aliphatic heterocycles.